The molecule has 3 rings (SSSR count). The summed E-state index contributed by atoms with van der Waals surface area (Å²) in [7, 11) is 3.24. The number of fused-ring (bicyclic) bond motifs is 1. The Morgan fingerprint density at radius 1 is 0.955 bits per heavy atom. The number of aromatic nitrogens is 1. The maximum Gasteiger partial charge on any atom is 0.190 e. The SMILES string of the molecule is COc1cc(-c2cc(=O)c3ccccc3[nH]2)c(OC)cc1C. The van der Waals surface area contributed by atoms with Crippen molar-refractivity contribution in [2.45, 2.75) is 6.92 Å². The van der Waals surface area contributed by atoms with Gasteiger partial charge in [-0.1, -0.05) is 12.1 Å². The first-order valence-electron chi connectivity index (χ1n) is 6.99. The predicted molar refractivity (Wildman–Crippen MR) is 87.8 cm³/mol. The number of ether oxygens (including phenoxy) is 2. The molecule has 1 N–H and O–H groups in total. The molecule has 1 heterocycles. The molecule has 4 heteroatoms. The summed E-state index contributed by atoms with van der Waals surface area (Å²) < 4.78 is 10.8. The van der Waals surface area contributed by atoms with Crippen molar-refractivity contribution in [1.29, 1.82) is 0 Å². The number of aryl methyl sites for hydroxylation is 1. The minimum absolute atomic E-state index is 0.0223. The highest BCUT2D eigenvalue weighted by atomic mass is 16.5. The molecule has 0 bridgehead atoms. The minimum Gasteiger partial charge on any atom is -0.496 e. The largest absolute Gasteiger partial charge is 0.496 e. The molecule has 0 amide bonds. The highest BCUT2D eigenvalue weighted by Gasteiger charge is 2.12. The van der Waals surface area contributed by atoms with E-state index in [1.165, 1.54) is 0 Å². The zero-order valence-corrected chi connectivity index (χ0v) is 12.8. The molecule has 1 aromatic heterocycles. The standard InChI is InChI=1S/C18H17NO3/c1-11-8-18(22-3)13(9-17(11)21-2)15-10-16(20)12-6-4-5-7-14(12)19-15/h4-10H,1-3H3,(H,19,20). The lowest BCUT2D eigenvalue weighted by molar-refractivity contribution is 0.401. The number of aromatic amines is 1. The third-order valence-corrected chi connectivity index (χ3v) is 3.74. The van der Waals surface area contributed by atoms with Gasteiger partial charge in [-0.05, 0) is 36.8 Å². The summed E-state index contributed by atoms with van der Waals surface area (Å²) in [6.45, 7) is 1.95. The number of hydrogen-bond donors (Lipinski definition) is 1. The first-order valence-corrected chi connectivity index (χ1v) is 6.99. The van der Waals surface area contributed by atoms with E-state index in [1.807, 2.05) is 43.3 Å². The van der Waals surface area contributed by atoms with E-state index < -0.39 is 0 Å². The second kappa shape index (κ2) is 5.56. The van der Waals surface area contributed by atoms with Gasteiger partial charge in [0, 0.05) is 22.5 Å². The lowest BCUT2D eigenvalue weighted by atomic mass is 10.0. The Morgan fingerprint density at radius 3 is 2.41 bits per heavy atom. The van der Waals surface area contributed by atoms with E-state index in [4.69, 9.17) is 9.47 Å². The number of hydrogen-bond acceptors (Lipinski definition) is 3. The van der Waals surface area contributed by atoms with Crippen molar-refractivity contribution in [1.82, 2.24) is 4.98 Å². The van der Waals surface area contributed by atoms with Crippen LogP contribution in [0.2, 0.25) is 0 Å². The number of pyridine rings is 1. The van der Waals surface area contributed by atoms with Crippen molar-refractivity contribution >= 4 is 10.9 Å². The maximum absolute atomic E-state index is 12.3. The second-order valence-corrected chi connectivity index (χ2v) is 5.11. The number of para-hydroxylation sites is 1. The van der Waals surface area contributed by atoms with Crippen LogP contribution in [0, 0.1) is 6.92 Å². The molecule has 0 aliphatic carbocycles. The van der Waals surface area contributed by atoms with E-state index in [9.17, 15) is 4.79 Å². The molecule has 0 atom stereocenters. The second-order valence-electron chi connectivity index (χ2n) is 5.11. The van der Waals surface area contributed by atoms with Crippen LogP contribution in [-0.2, 0) is 0 Å². The van der Waals surface area contributed by atoms with Crippen molar-refractivity contribution in [2.75, 3.05) is 14.2 Å². The van der Waals surface area contributed by atoms with E-state index in [-0.39, 0.29) is 5.43 Å². The first kappa shape index (κ1) is 14.2. The Kier molecular flexibility index (Phi) is 3.59. The molecule has 3 aromatic rings. The zero-order chi connectivity index (χ0) is 15.7. The monoisotopic (exact) mass is 295 g/mol. The quantitative estimate of drug-likeness (QED) is 0.804. The highest BCUT2D eigenvalue weighted by Crippen LogP contribution is 2.34. The molecule has 0 fully saturated rings. The first-order chi connectivity index (χ1) is 10.6. The topological polar surface area (TPSA) is 51.3 Å². The van der Waals surface area contributed by atoms with Crippen LogP contribution < -0.4 is 14.9 Å². The summed E-state index contributed by atoms with van der Waals surface area (Å²) in [6, 6.07) is 12.8. The molecular formula is C18H17NO3. The molecule has 4 nitrogen and oxygen atoms in total. The van der Waals surface area contributed by atoms with Gasteiger partial charge in [-0.15, -0.1) is 0 Å². The number of nitrogens with one attached hydrogen (secondary N) is 1. The average Bonchev–Trinajstić information content (AvgIpc) is 2.54. The van der Waals surface area contributed by atoms with E-state index in [1.54, 1.807) is 20.3 Å². The average molecular weight is 295 g/mol. The molecule has 0 aliphatic rings. The smallest absolute Gasteiger partial charge is 0.190 e. The normalized spacial score (nSPS) is 10.7. The fourth-order valence-electron chi connectivity index (χ4n) is 2.60. The van der Waals surface area contributed by atoms with Gasteiger partial charge in [-0.2, -0.15) is 0 Å². The molecule has 112 valence electrons. The Hall–Kier alpha value is -2.75. The zero-order valence-electron chi connectivity index (χ0n) is 12.8. The van der Waals surface area contributed by atoms with Gasteiger partial charge in [0.25, 0.3) is 0 Å². The maximum atomic E-state index is 12.3. The van der Waals surface area contributed by atoms with Crippen LogP contribution in [0.3, 0.4) is 0 Å². The van der Waals surface area contributed by atoms with Gasteiger partial charge in [0.1, 0.15) is 11.5 Å². The number of benzene rings is 2. The van der Waals surface area contributed by atoms with Crippen LogP contribution >= 0.6 is 0 Å². The fraction of sp³-hybridized carbons (Fsp3) is 0.167. The van der Waals surface area contributed by atoms with Gasteiger partial charge in [0.05, 0.1) is 19.9 Å². The number of H-pyrrole nitrogens is 1. The van der Waals surface area contributed by atoms with E-state index in [0.717, 1.165) is 22.4 Å². The molecule has 22 heavy (non-hydrogen) atoms. The van der Waals surface area contributed by atoms with Crippen LogP contribution in [0.4, 0.5) is 0 Å². The van der Waals surface area contributed by atoms with E-state index in [2.05, 4.69) is 4.98 Å². The minimum atomic E-state index is -0.0223. The lowest BCUT2D eigenvalue weighted by Crippen LogP contribution is -2.03. The van der Waals surface area contributed by atoms with Crippen LogP contribution in [0.5, 0.6) is 11.5 Å². The van der Waals surface area contributed by atoms with Crippen molar-refractivity contribution < 1.29 is 9.47 Å². The summed E-state index contributed by atoms with van der Waals surface area (Å²) in [4.78, 5) is 15.6. The van der Waals surface area contributed by atoms with Crippen molar-refractivity contribution in [3.8, 4) is 22.8 Å². The summed E-state index contributed by atoms with van der Waals surface area (Å²) >= 11 is 0. The van der Waals surface area contributed by atoms with Crippen LogP contribution in [0.25, 0.3) is 22.2 Å². The number of rotatable bonds is 3. The Morgan fingerprint density at radius 2 is 1.68 bits per heavy atom. The highest BCUT2D eigenvalue weighted by molar-refractivity contribution is 5.82. The van der Waals surface area contributed by atoms with Gasteiger partial charge in [-0.3, -0.25) is 4.79 Å². The predicted octanol–water partition coefficient (Wildman–Crippen LogP) is 3.52. The van der Waals surface area contributed by atoms with E-state index in [0.29, 0.717) is 16.8 Å². The van der Waals surface area contributed by atoms with Crippen molar-refractivity contribution in [2.24, 2.45) is 0 Å². The molecule has 0 aliphatic heterocycles. The number of methoxy groups -OCH3 is 2. The Labute approximate surface area is 128 Å². The van der Waals surface area contributed by atoms with Gasteiger partial charge < -0.3 is 14.5 Å². The molecule has 0 unspecified atom stereocenters. The van der Waals surface area contributed by atoms with Gasteiger partial charge in [0.2, 0.25) is 0 Å². The Balaban J connectivity index is 2.29. The van der Waals surface area contributed by atoms with Crippen molar-refractivity contribution in [3.05, 3.63) is 58.3 Å². The van der Waals surface area contributed by atoms with Crippen LogP contribution in [-0.4, -0.2) is 19.2 Å². The molecule has 0 spiro atoms. The molecule has 2 aromatic carbocycles. The van der Waals surface area contributed by atoms with Gasteiger partial charge >= 0.3 is 0 Å². The molecular weight excluding hydrogens is 278 g/mol. The van der Waals surface area contributed by atoms with Crippen LogP contribution in [0.15, 0.2) is 47.3 Å². The van der Waals surface area contributed by atoms with Gasteiger partial charge in [-0.25, -0.2) is 0 Å². The summed E-state index contributed by atoms with van der Waals surface area (Å²) in [5.41, 5.74) is 3.26. The lowest BCUT2D eigenvalue weighted by Gasteiger charge is -2.13. The summed E-state index contributed by atoms with van der Waals surface area (Å²) in [6.07, 6.45) is 0. The summed E-state index contributed by atoms with van der Waals surface area (Å²) in [5, 5.41) is 0.671. The third kappa shape index (κ3) is 2.33. The third-order valence-electron chi connectivity index (χ3n) is 3.74. The molecule has 0 saturated heterocycles. The Bertz CT molecular complexity index is 896. The van der Waals surface area contributed by atoms with Crippen LogP contribution in [0.1, 0.15) is 5.56 Å². The summed E-state index contributed by atoms with van der Waals surface area (Å²) in [5.74, 6) is 1.45. The molecule has 0 radical (unpaired) electrons. The van der Waals surface area contributed by atoms with Crippen molar-refractivity contribution in [3.63, 3.8) is 0 Å². The molecule has 0 saturated carbocycles. The fourth-order valence-corrected chi connectivity index (χ4v) is 2.60. The van der Waals surface area contributed by atoms with E-state index >= 15 is 0 Å². The van der Waals surface area contributed by atoms with Gasteiger partial charge in [0.15, 0.2) is 5.43 Å².